The van der Waals surface area contributed by atoms with Crippen molar-refractivity contribution in [2.75, 3.05) is 0 Å². The summed E-state index contributed by atoms with van der Waals surface area (Å²) in [5.41, 5.74) is 0. The quantitative estimate of drug-likeness (QED) is 0.725. The summed E-state index contributed by atoms with van der Waals surface area (Å²) in [7, 11) is 1.75. The van der Waals surface area contributed by atoms with Gasteiger partial charge in [-0.1, -0.05) is 33.7 Å². The van der Waals surface area contributed by atoms with E-state index in [1.54, 1.807) is 0 Å². The van der Waals surface area contributed by atoms with Crippen LogP contribution in [0.3, 0.4) is 0 Å². The largest absolute Gasteiger partial charge is 0.217 e. The van der Waals surface area contributed by atoms with Crippen molar-refractivity contribution in [3.05, 3.63) is 0 Å². The molecule has 1 atom stereocenters. The normalized spacial score (nSPS) is 14.0. The minimum absolute atomic E-state index is 1.09. The molecule has 0 radical (unpaired) electrons. The Kier molecular flexibility index (Phi) is 6.81. The van der Waals surface area contributed by atoms with Crippen LogP contribution in [0.4, 0.5) is 0 Å². The number of rotatable bonds is 3. The maximum Gasteiger partial charge on any atom is 0.194 e. The van der Waals surface area contributed by atoms with E-state index in [-0.39, 0.29) is 0 Å². The van der Waals surface area contributed by atoms with Gasteiger partial charge in [-0.15, -0.1) is 0 Å². The molecule has 0 saturated heterocycles. The highest BCUT2D eigenvalue weighted by atomic mass is 35.9. The molecule has 0 saturated carbocycles. The molecule has 0 amide bonds. The topological polar surface area (TPSA) is 24.4 Å². The van der Waals surface area contributed by atoms with Crippen LogP contribution in [0, 0.1) is 0 Å². The van der Waals surface area contributed by atoms with Gasteiger partial charge in [-0.2, -0.15) is 0 Å². The van der Waals surface area contributed by atoms with Crippen LogP contribution in [0.25, 0.3) is 0 Å². The van der Waals surface area contributed by atoms with E-state index in [2.05, 4.69) is 18.4 Å². The predicted octanol–water partition coefficient (Wildman–Crippen LogP) is 4.07. The summed E-state index contributed by atoms with van der Waals surface area (Å²) < 4.78 is 3.50. The summed E-state index contributed by atoms with van der Waals surface area (Å²) >= 11 is 16.1. The fraction of sp³-hybridized carbons (Fsp3) is 0. The highest BCUT2D eigenvalue weighted by molar-refractivity contribution is 8.08. The van der Waals surface area contributed by atoms with Crippen molar-refractivity contribution in [2.24, 2.45) is 4.52 Å². The minimum atomic E-state index is -1.18. The van der Waals surface area contributed by atoms with Gasteiger partial charge in [0, 0.05) is 0 Å². The van der Waals surface area contributed by atoms with Crippen molar-refractivity contribution >= 4 is 57.1 Å². The van der Waals surface area contributed by atoms with Crippen molar-refractivity contribution in [3.8, 4) is 0 Å². The Morgan fingerprint density at radius 3 is 2.00 bits per heavy atom. The Balaban J connectivity index is 3.23. The summed E-state index contributed by atoms with van der Waals surface area (Å²) in [6.45, 7) is -1.18. The first kappa shape index (κ1) is 9.79. The van der Waals surface area contributed by atoms with E-state index < -0.39 is 14.4 Å². The third kappa shape index (κ3) is 5.92. The number of nitrogens with one attached hydrogen (secondary N) is 1. The molecule has 48 valence electrons. The maximum absolute atomic E-state index is 5.45. The van der Waals surface area contributed by atoms with Crippen LogP contribution in [0.1, 0.15) is 0 Å². The molecule has 0 spiro atoms. The molecule has 0 heterocycles. The zero-order valence-corrected chi connectivity index (χ0v) is 8.53. The van der Waals surface area contributed by atoms with Crippen molar-refractivity contribution in [3.63, 3.8) is 0 Å². The fourth-order valence-electron chi connectivity index (χ4n) is 0.0847. The van der Waals surface area contributed by atoms with E-state index in [1.807, 2.05) is 0 Å². The lowest BCUT2D eigenvalue weighted by Crippen LogP contribution is -1.82. The Morgan fingerprint density at radius 2 is 1.88 bits per heavy atom. The Morgan fingerprint density at radius 1 is 1.38 bits per heavy atom. The third-order valence-electron chi connectivity index (χ3n) is 0.246. The van der Waals surface area contributed by atoms with Gasteiger partial charge >= 0.3 is 0 Å². The van der Waals surface area contributed by atoms with Crippen molar-refractivity contribution in [1.29, 1.82) is 0 Å². The maximum atomic E-state index is 5.45. The first-order chi connectivity index (χ1) is 3.66. The lowest BCUT2D eigenvalue weighted by molar-refractivity contribution is 1.68. The molecule has 0 aromatic carbocycles. The summed E-state index contributed by atoms with van der Waals surface area (Å²) in [6, 6.07) is 0. The summed E-state index contributed by atoms with van der Waals surface area (Å²) in [5, 5.41) is 0. The van der Waals surface area contributed by atoms with Gasteiger partial charge in [0.2, 0.25) is 0 Å². The molecule has 0 aliphatic carbocycles. The van der Waals surface area contributed by atoms with Crippen LogP contribution in [0.5, 0.6) is 0 Å². The second kappa shape index (κ2) is 5.57. The number of halogens is 3. The SMILES string of the molecule is P=NP(Cl)NP(Cl)Cl. The average Bonchev–Trinajstić information content (AvgIpc) is 1.65. The first-order valence-electron chi connectivity index (χ1n) is 1.38. The molecule has 0 aliphatic rings. The number of hydrogen-bond acceptors (Lipinski definition) is 2. The first-order valence-corrected chi connectivity index (χ1v) is 7.18. The Bertz CT molecular complexity index is 74.9. The molecule has 0 aliphatic heterocycles. The van der Waals surface area contributed by atoms with Crippen LogP contribution in [-0.2, 0) is 0 Å². The second-order valence-corrected chi connectivity index (χ2v) is 6.79. The molecule has 8 heteroatoms. The monoisotopic (exact) mass is 228 g/mol. The van der Waals surface area contributed by atoms with Gasteiger partial charge in [0.1, 0.15) is 0 Å². The van der Waals surface area contributed by atoms with Crippen LogP contribution < -0.4 is 4.86 Å². The molecule has 0 bridgehead atoms. The number of nitrogens with zero attached hydrogens (tertiary/aromatic N) is 1. The van der Waals surface area contributed by atoms with Crippen molar-refractivity contribution in [1.82, 2.24) is 4.86 Å². The molecule has 2 nitrogen and oxygen atoms in total. The van der Waals surface area contributed by atoms with E-state index in [1.165, 1.54) is 0 Å². The molecular weight excluding hydrogens is 227 g/mol. The summed E-state index contributed by atoms with van der Waals surface area (Å²) in [5.74, 6) is 0. The van der Waals surface area contributed by atoms with Gasteiger partial charge in [0.25, 0.3) is 0 Å². The molecular formula is H2Cl3N2P3. The zero-order valence-electron chi connectivity index (χ0n) is 3.48. The Hall–Kier alpha value is 1.79. The minimum Gasteiger partial charge on any atom is -0.217 e. The molecule has 1 N–H and O–H groups in total. The smallest absolute Gasteiger partial charge is 0.194 e. The van der Waals surface area contributed by atoms with Crippen LogP contribution in [0.15, 0.2) is 4.52 Å². The van der Waals surface area contributed by atoms with Gasteiger partial charge in [0.05, 0.1) is 0 Å². The lowest BCUT2D eigenvalue weighted by Gasteiger charge is -2.02. The third-order valence-corrected chi connectivity index (χ3v) is 4.93. The van der Waals surface area contributed by atoms with E-state index in [4.69, 9.17) is 33.7 Å². The van der Waals surface area contributed by atoms with E-state index in [9.17, 15) is 0 Å². The van der Waals surface area contributed by atoms with Gasteiger partial charge in [-0.25, -0.2) is 9.37 Å². The predicted molar refractivity (Wildman–Crippen MR) is 45.3 cm³/mol. The van der Waals surface area contributed by atoms with E-state index in [0.717, 1.165) is 0 Å². The molecule has 0 aromatic rings. The summed E-state index contributed by atoms with van der Waals surface area (Å²) in [6.07, 6.45) is 0. The summed E-state index contributed by atoms with van der Waals surface area (Å²) in [4.78, 5) is 2.60. The Labute approximate surface area is 66.6 Å². The average molecular weight is 229 g/mol. The van der Waals surface area contributed by atoms with Crippen molar-refractivity contribution < 1.29 is 0 Å². The zero-order chi connectivity index (χ0) is 6.57. The van der Waals surface area contributed by atoms with Crippen molar-refractivity contribution in [2.45, 2.75) is 0 Å². The molecule has 0 aromatic heterocycles. The number of hydrogen-bond donors (Lipinski definition) is 1. The highest BCUT2D eigenvalue weighted by Gasteiger charge is 2.04. The van der Waals surface area contributed by atoms with E-state index in [0.29, 0.717) is 0 Å². The molecule has 0 rings (SSSR count). The van der Waals surface area contributed by atoms with Gasteiger partial charge in [0.15, 0.2) is 14.4 Å². The fourth-order valence-corrected chi connectivity index (χ4v) is 3.83. The molecule has 0 fully saturated rings. The van der Waals surface area contributed by atoms with Gasteiger partial charge in [-0.3, -0.25) is 0 Å². The molecule has 8 heavy (non-hydrogen) atoms. The van der Waals surface area contributed by atoms with Crippen LogP contribution >= 0.6 is 57.1 Å². The van der Waals surface area contributed by atoms with Crippen LogP contribution in [-0.4, -0.2) is 0 Å². The van der Waals surface area contributed by atoms with E-state index >= 15 is 0 Å². The standard InChI is InChI=1S/Cl3H2N2P3/c1-7(2)5-8(3)4-6/h5-6H. The van der Waals surface area contributed by atoms with Gasteiger partial charge < -0.3 is 0 Å². The lowest BCUT2D eigenvalue weighted by atomic mass is 13.8. The second-order valence-electron chi connectivity index (χ2n) is 0.693. The van der Waals surface area contributed by atoms with Crippen LogP contribution in [0.2, 0.25) is 0 Å². The molecule has 1 unspecified atom stereocenters. The van der Waals surface area contributed by atoms with Gasteiger partial charge in [-0.05, 0) is 9.03 Å². The highest BCUT2D eigenvalue weighted by Crippen LogP contribution is 2.54.